The number of carbonyl (C=O) groups is 1. The van der Waals surface area contributed by atoms with Crippen molar-refractivity contribution >= 4 is 28.1 Å². The molecule has 26 heavy (non-hydrogen) atoms. The van der Waals surface area contributed by atoms with Gasteiger partial charge in [-0.3, -0.25) is 4.79 Å². The number of benzene rings is 1. The molecule has 0 unspecified atom stereocenters. The first kappa shape index (κ1) is 17.5. The predicted molar refractivity (Wildman–Crippen MR) is 109 cm³/mol. The highest BCUT2D eigenvalue weighted by Gasteiger charge is 2.17. The number of hydrogen-bond donors (Lipinski definition) is 1. The van der Waals surface area contributed by atoms with Crippen molar-refractivity contribution in [2.24, 2.45) is 5.92 Å². The zero-order chi connectivity index (χ0) is 17.8. The summed E-state index contributed by atoms with van der Waals surface area (Å²) in [6.07, 6.45) is 9.44. The topological polar surface area (TPSA) is 45.2 Å². The quantitative estimate of drug-likeness (QED) is 0.749. The van der Waals surface area contributed by atoms with Crippen molar-refractivity contribution in [3.8, 4) is 11.3 Å². The predicted octanol–water partition coefficient (Wildman–Crippen LogP) is 5.32. The molecule has 5 heteroatoms. The summed E-state index contributed by atoms with van der Waals surface area (Å²) in [5, 5.41) is 6.30. The van der Waals surface area contributed by atoms with Crippen molar-refractivity contribution in [3.05, 3.63) is 29.6 Å². The minimum Gasteiger partial charge on any atom is -0.348 e. The Labute approximate surface area is 159 Å². The number of hydrogen-bond acceptors (Lipinski definition) is 4. The lowest BCUT2D eigenvalue weighted by Crippen LogP contribution is -2.17. The summed E-state index contributed by atoms with van der Waals surface area (Å²) in [4.78, 5) is 19.4. The van der Waals surface area contributed by atoms with Gasteiger partial charge in [-0.15, -0.1) is 11.3 Å². The van der Waals surface area contributed by atoms with E-state index in [2.05, 4.69) is 21.7 Å². The van der Waals surface area contributed by atoms with Gasteiger partial charge in [-0.1, -0.05) is 37.8 Å². The van der Waals surface area contributed by atoms with Crippen molar-refractivity contribution in [2.45, 2.75) is 51.4 Å². The van der Waals surface area contributed by atoms with Gasteiger partial charge in [-0.25, -0.2) is 4.98 Å². The van der Waals surface area contributed by atoms with E-state index in [4.69, 9.17) is 4.98 Å². The maximum Gasteiger partial charge on any atom is 0.224 e. The monoisotopic (exact) mass is 369 g/mol. The lowest BCUT2D eigenvalue weighted by molar-refractivity contribution is -0.116. The van der Waals surface area contributed by atoms with Crippen LogP contribution in [0.15, 0.2) is 29.6 Å². The molecule has 0 radical (unpaired) electrons. The summed E-state index contributed by atoms with van der Waals surface area (Å²) >= 11 is 1.71. The number of carbonyl (C=O) groups excluding carboxylic acids is 1. The molecule has 2 heterocycles. The summed E-state index contributed by atoms with van der Waals surface area (Å²) in [5.41, 5.74) is 2.94. The number of anilines is 2. The minimum absolute atomic E-state index is 0.130. The van der Waals surface area contributed by atoms with Crippen LogP contribution in [0.2, 0.25) is 0 Å². The van der Waals surface area contributed by atoms with Gasteiger partial charge in [0, 0.05) is 36.1 Å². The molecule has 0 spiro atoms. The molecular weight excluding hydrogens is 342 g/mol. The Morgan fingerprint density at radius 2 is 2.00 bits per heavy atom. The van der Waals surface area contributed by atoms with Crippen molar-refractivity contribution < 1.29 is 4.79 Å². The van der Waals surface area contributed by atoms with E-state index in [1.54, 1.807) is 11.3 Å². The average Bonchev–Trinajstić information content (AvgIpc) is 3.42. The molecule has 2 fully saturated rings. The van der Waals surface area contributed by atoms with Gasteiger partial charge >= 0.3 is 0 Å². The average molecular weight is 370 g/mol. The first-order valence-corrected chi connectivity index (χ1v) is 10.8. The Morgan fingerprint density at radius 1 is 1.19 bits per heavy atom. The van der Waals surface area contributed by atoms with Crippen LogP contribution in [0.1, 0.15) is 51.4 Å². The van der Waals surface area contributed by atoms with E-state index in [9.17, 15) is 4.79 Å². The number of nitrogens with one attached hydrogen (secondary N) is 1. The highest BCUT2D eigenvalue weighted by Crippen LogP contribution is 2.31. The van der Waals surface area contributed by atoms with Crippen molar-refractivity contribution in [1.29, 1.82) is 0 Å². The second-order valence-electron chi connectivity index (χ2n) is 7.53. The van der Waals surface area contributed by atoms with E-state index < -0.39 is 0 Å². The van der Waals surface area contributed by atoms with E-state index in [1.165, 1.54) is 38.5 Å². The molecule has 1 aliphatic heterocycles. The first-order valence-electron chi connectivity index (χ1n) is 9.89. The van der Waals surface area contributed by atoms with Crippen LogP contribution in [0.4, 0.5) is 10.8 Å². The van der Waals surface area contributed by atoms with E-state index in [0.717, 1.165) is 47.5 Å². The molecule has 2 aliphatic rings. The van der Waals surface area contributed by atoms with Crippen molar-refractivity contribution in [1.82, 2.24) is 4.98 Å². The van der Waals surface area contributed by atoms with Crippen LogP contribution in [0.5, 0.6) is 0 Å². The number of rotatable bonds is 6. The largest absolute Gasteiger partial charge is 0.348 e. The normalized spacial score (nSPS) is 17.8. The van der Waals surface area contributed by atoms with Crippen LogP contribution < -0.4 is 10.2 Å². The Kier molecular flexibility index (Phi) is 5.54. The van der Waals surface area contributed by atoms with Gasteiger partial charge in [0.2, 0.25) is 5.91 Å². The highest BCUT2D eigenvalue weighted by atomic mass is 32.1. The molecule has 1 saturated heterocycles. The van der Waals surface area contributed by atoms with Crippen LogP contribution in [0.3, 0.4) is 0 Å². The van der Waals surface area contributed by atoms with Crippen LogP contribution in [0.25, 0.3) is 11.3 Å². The molecule has 4 rings (SSSR count). The standard InChI is InChI=1S/C21H27N3OS/c25-20(11-10-16-6-1-2-7-16)22-18-9-5-8-17(14-18)19-15-26-21(23-19)24-12-3-4-13-24/h5,8-9,14-16H,1-4,6-7,10-13H2,(H,22,25). The third-order valence-electron chi connectivity index (χ3n) is 5.57. The lowest BCUT2D eigenvalue weighted by Gasteiger charge is -2.12. The van der Waals surface area contributed by atoms with Crippen LogP contribution >= 0.6 is 11.3 Å². The molecule has 1 aromatic carbocycles. The molecule has 0 atom stereocenters. The maximum atomic E-state index is 12.3. The fraction of sp³-hybridized carbons (Fsp3) is 0.524. The van der Waals surface area contributed by atoms with Gasteiger partial charge in [0.1, 0.15) is 0 Å². The Bertz CT molecular complexity index is 745. The van der Waals surface area contributed by atoms with Crippen LogP contribution in [-0.2, 0) is 4.79 Å². The fourth-order valence-electron chi connectivity index (χ4n) is 4.06. The van der Waals surface area contributed by atoms with Gasteiger partial charge in [0.05, 0.1) is 5.69 Å². The van der Waals surface area contributed by atoms with Crippen molar-refractivity contribution in [2.75, 3.05) is 23.3 Å². The zero-order valence-electron chi connectivity index (χ0n) is 15.2. The third kappa shape index (κ3) is 4.26. The smallest absolute Gasteiger partial charge is 0.224 e. The van der Waals surface area contributed by atoms with Crippen molar-refractivity contribution in [3.63, 3.8) is 0 Å². The van der Waals surface area contributed by atoms with Gasteiger partial charge in [0.25, 0.3) is 0 Å². The maximum absolute atomic E-state index is 12.3. The molecule has 0 bridgehead atoms. The van der Waals surface area contributed by atoms with Gasteiger partial charge in [-0.05, 0) is 37.3 Å². The number of aromatic nitrogens is 1. The Balaban J connectivity index is 1.37. The summed E-state index contributed by atoms with van der Waals surface area (Å²) in [6.45, 7) is 2.23. The second-order valence-corrected chi connectivity index (χ2v) is 8.36. The summed E-state index contributed by atoms with van der Waals surface area (Å²) in [5.74, 6) is 0.885. The van der Waals surface area contributed by atoms with E-state index >= 15 is 0 Å². The summed E-state index contributed by atoms with van der Waals surface area (Å²) in [7, 11) is 0. The fourth-order valence-corrected chi connectivity index (χ4v) is 4.95. The number of nitrogens with zero attached hydrogens (tertiary/aromatic N) is 2. The molecule has 1 saturated carbocycles. The molecular formula is C21H27N3OS. The summed E-state index contributed by atoms with van der Waals surface area (Å²) in [6, 6.07) is 8.06. The SMILES string of the molecule is O=C(CCC1CCCC1)Nc1cccc(-c2csc(N3CCCC3)n2)c1. The van der Waals surface area contributed by atoms with Crippen LogP contribution in [0, 0.1) is 5.92 Å². The molecule has 1 amide bonds. The summed E-state index contributed by atoms with van der Waals surface area (Å²) < 4.78 is 0. The van der Waals surface area contributed by atoms with Gasteiger partial charge in [-0.2, -0.15) is 0 Å². The van der Waals surface area contributed by atoms with Gasteiger partial charge < -0.3 is 10.2 Å². The minimum atomic E-state index is 0.130. The third-order valence-corrected chi connectivity index (χ3v) is 6.47. The lowest BCUT2D eigenvalue weighted by atomic mass is 10.0. The zero-order valence-corrected chi connectivity index (χ0v) is 16.1. The van der Waals surface area contributed by atoms with Gasteiger partial charge in [0.15, 0.2) is 5.13 Å². The Morgan fingerprint density at radius 3 is 2.81 bits per heavy atom. The number of amides is 1. The molecule has 2 aromatic rings. The molecule has 138 valence electrons. The number of thiazole rings is 1. The molecule has 4 nitrogen and oxygen atoms in total. The van der Waals surface area contributed by atoms with E-state index in [1.807, 2.05) is 18.2 Å². The molecule has 1 aliphatic carbocycles. The van der Waals surface area contributed by atoms with Crippen LogP contribution in [-0.4, -0.2) is 24.0 Å². The Hall–Kier alpha value is -1.88. The highest BCUT2D eigenvalue weighted by molar-refractivity contribution is 7.14. The first-order chi connectivity index (χ1) is 12.8. The van der Waals surface area contributed by atoms with E-state index in [-0.39, 0.29) is 5.91 Å². The second kappa shape index (κ2) is 8.21. The molecule has 1 N–H and O–H groups in total. The molecule has 1 aromatic heterocycles. The van der Waals surface area contributed by atoms with E-state index in [0.29, 0.717) is 6.42 Å².